The number of halogens is 4. The highest BCUT2D eigenvalue weighted by molar-refractivity contribution is 5.89. The van der Waals surface area contributed by atoms with E-state index in [2.05, 4.69) is 15.3 Å². The largest absolute Gasteiger partial charge is 0.417 e. The average molecular weight is 497 g/mol. The van der Waals surface area contributed by atoms with Crippen LogP contribution >= 0.6 is 0 Å². The van der Waals surface area contributed by atoms with E-state index in [1.807, 2.05) is 0 Å². The third-order valence-electron chi connectivity index (χ3n) is 6.19. The lowest BCUT2D eigenvalue weighted by molar-refractivity contribution is -0.138. The zero-order chi connectivity index (χ0) is 25.7. The maximum atomic E-state index is 15.1. The molecule has 0 unspecified atom stereocenters. The third-order valence-corrected chi connectivity index (χ3v) is 6.19. The van der Waals surface area contributed by atoms with Crippen LogP contribution in [0.2, 0.25) is 0 Å². The van der Waals surface area contributed by atoms with Crippen molar-refractivity contribution in [3.8, 4) is 0 Å². The van der Waals surface area contributed by atoms with Crippen LogP contribution in [-0.4, -0.2) is 62.4 Å². The molecule has 2 N–H and O–H groups in total. The number of aromatic nitrogens is 4. The summed E-state index contributed by atoms with van der Waals surface area (Å²) in [5.41, 5.74) is -1.23. The second-order valence-corrected chi connectivity index (χ2v) is 8.47. The van der Waals surface area contributed by atoms with Crippen molar-refractivity contribution in [1.82, 2.24) is 24.0 Å². The quantitative estimate of drug-likeness (QED) is 0.539. The van der Waals surface area contributed by atoms with Crippen molar-refractivity contribution >= 4 is 28.6 Å². The Morgan fingerprint density at radius 2 is 1.97 bits per heavy atom. The van der Waals surface area contributed by atoms with Crippen LogP contribution < -0.4 is 21.5 Å². The predicted molar refractivity (Wildman–Crippen MR) is 120 cm³/mol. The highest BCUT2D eigenvalue weighted by atomic mass is 19.4. The van der Waals surface area contributed by atoms with Gasteiger partial charge in [-0.15, -0.1) is 0 Å². The molecular formula is C21H23F4N7O3. The number of aromatic amines is 1. The van der Waals surface area contributed by atoms with Gasteiger partial charge in [0.15, 0.2) is 5.65 Å². The molecule has 4 rings (SSSR count). The summed E-state index contributed by atoms with van der Waals surface area (Å²) < 4.78 is 56.5. The molecule has 2 atom stereocenters. The van der Waals surface area contributed by atoms with E-state index in [0.29, 0.717) is 35.7 Å². The highest BCUT2D eigenvalue weighted by Gasteiger charge is 2.36. The van der Waals surface area contributed by atoms with Gasteiger partial charge in [0.1, 0.15) is 11.9 Å². The summed E-state index contributed by atoms with van der Waals surface area (Å²) in [6.07, 6.45) is -3.83. The van der Waals surface area contributed by atoms with Crippen LogP contribution in [0.25, 0.3) is 11.2 Å². The molecule has 3 aromatic heterocycles. The molecule has 0 radical (unpaired) electrons. The molecular weight excluding hydrogens is 474 g/mol. The van der Waals surface area contributed by atoms with Gasteiger partial charge in [-0.3, -0.25) is 14.3 Å². The third kappa shape index (κ3) is 4.59. The first-order chi connectivity index (χ1) is 16.4. The minimum absolute atomic E-state index is 0.0703. The van der Waals surface area contributed by atoms with E-state index in [1.165, 1.54) is 17.8 Å². The van der Waals surface area contributed by atoms with Crippen molar-refractivity contribution in [2.45, 2.75) is 24.8 Å². The zero-order valence-electron chi connectivity index (χ0n) is 19.1. The van der Waals surface area contributed by atoms with Gasteiger partial charge in [0.25, 0.3) is 5.56 Å². The van der Waals surface area contributed by atoms with Gasteiger partial charge in [-0.1, -0.05) is 0 Å². The molecule has 1 fully saturated rings. The first-order valence-electron chi connectivity index (χ1n) is 10.6. The lowest BCUT2D eigenvalue weighted by atomic mass is 10.0. The van der Waals surface area contributed by atoms with Crippen LogP contribution in [0.5, 0.6) is 0 Å². The predicted octanol–water partition coefficient (Wildman–Crippen LogP) is 2.06. The van der Waals surface area contributed by atoms with E-state index < -0.39 is 41.2 Å². The Morgan fingerprint density at radius 1 is 1.26 bits per heavy atom. The Bertz CT molecular complexity index is 1390. The normalized spacial score (nSPS) is 18.7. The Morgan fingerprint density at radius 3 is 2.63 bits per heavy atom. The number of urea groups is 1. The molecule has 0 aromatic carbocycles. The van der Waals surface area contributed by atoms with Crippen LogP contribution in [0, 0.1) is 0 Å². The molecule has 1 aliphatic rings. The number of rotatable bonds is 3. The number of aryl methyl sites for hydroxylation is 2. The number of alkyl halides is 4. The van der Waals surface area contributed by atoms with E-state index in [0.717, 1.165) is 16.5 Å². The number of nitrogens with zero attached hydrogens (tertiary/aromatic N) is 5. The molecule has 1 saturated heterocycles. The molecule has 0 aliphatic carbocycles. The van der Waals surface area contributed by atoms with Gasteiger partial charge in [0.05, 0.1) is 35.6 Å². The van der Waals surface area contributed by atoms with Gasteiger partial charge >= 0.3 is 17.9 Å². The number of piperidine rings is 1. The van der Waals surface area contributed by atoms with E-state index in [4.69, 9.17) is 0 Å². The molecule has 188 valence electrons. The standard InChI is InChI=1S/C21H23F4N7O3/c1-29-9-11(21(23,24)25)6-14(18(29)33)27-19(34)30(2)15-4-5-32(10-13(15)22)12-7-16-17(26-8-12)28-20(35)31(16)3/h6-9,13,15H,4-5,10H2,1-3H3,(H,27,34)(H,26,28,35)/t13-,15-/m1/s1. The van der Waals surface area contributed by atoms with Crippen molar-refractivity contribution in [1.29, 1.82) is 0 Å². The number of hydrogen-bond donors (Lipinski definition) is 2. The van der Waals surface area contributed by atoms with Gasteiger partial charge < -0.3 is 19.7 Å². The number of H-pyrrole nitrogens is 1. The lowest BCUT2D eigenvalue weighted by Crippen LogP contribution is -2.54. The van der Waals surface area contributed by atoms with Crippen LogP contribution in [0.3, 0.4) is 0 Å². The number of carbonyl (C=O) groups is 1. The van der Waals surface area contributed by atoms with Gasteiger partial charge in [-0.2, -0.15) is 13.2 Å². The Hall–Kier alpha value is -3.84. The molecule has 3 aromatic rings. The minimum Gasteiger partial charge on any atom is -0.367 e. The number of carbonyl (C=O) groups excluding carboxylic acids is 1. The summed E-state index contributed by atoms with van der Waals surface area (Å²) in [5.74, 6) is 0. The minimum atomic E-state index is -4.71. The summed E-state index contributed by atoms with van der Waals surface area (Å²) in [6.45, 7) is 0.290. The van der Waals surface area contributed by atoms with Crippen molar-refractivity contribution < 1.29 is 22.4 Å². The molecule has 1 aliphatic heterocycles. The first-order valence-corrected chi connectivity index (χ1v) is 10.6. The van der Waals surface area contributed by atoms with E-state index in [1.54, 1.807) is 18.0 Å². The zero-order valence-corrected chi connectivity index (χ0v) is 19.1. The molecule has 10 nitrogen and oxygen atoms in total. The fourth-order valence-electron chi connectivity index (χ4n) is 4.14. The molecule has 35 heavy (non-hydrogen) atoms. The molecule has 14 heteroatoms. The molecule has 0 bridgehead atoms. The number of fused-ring (bicyclic) bond motifs is 1. The monoisotopic (exact) mass is 497 g/mol. The number of nitrogens with one attached hydrogen (secondary N) is 2. The van der Waals surface area contributed by atoms with E-state index in [-0.39, 0.29) is 18.7 Å². The summed E-state index contributed by atoms with van der Waals surface area (Å²) in [7, 11) is 4.05. The number of anilines is 2. The van der Waals surface area contributed by atoms with Crippen LogP contribution in [0.1, 0.15) is 12.0 Å². The first kappa shape index (κ1) is 24.3. The van der Waals surface area contributed by atoms with Gasteiger partial charge in [0.2, 0.25) is 0 Å². The SMILES string of the molecule is CN(C(=O)Nc1cc(C(F)(F)F)cn(C)c1=O)[C@@H]1CCN(c2cnc3[nH]c(=O)n(C)c3c2)C[C@H]1F. The van der Waals surface area contributed by atoms with Crippen molar-refractivity contribution in [2.24, 2.45) is 14.1 Å². The van der Waals surface area contributed by atoms with Gasteiger partial charge in [0, 0.05) is 33.9 Å². The number of pyridine rings is 2. The van der Waals surface area contributed by atoms with E-state index >= 15 is 4.39 Å². The number of imidazole rings is 1. The van der Waals surface area contributed by atoms with Crippen molar-refractivity contribution in [3.63, 3.8) is 0 Å². The average Bonchev–Trinajstić information content (AvgIpc) is 3.08. The summed E-state index contributed by atoms with van der Waals surface area (Å²) in [4.78, 5) is 46.3. The van der Waals surface area contributed by atoms with Crippen LogP contribution in [0.15, 0.2) is 34.1 Å². The van der Waals surface area contributed by atoms with Gasteiger partial charge in [-0.25, -0.2) is 19.0 Å². The van der Waals surface area contributed by atoms with Crippen molar-refractivity contribution in [3.05, 3.63) is 50.9 Å². The lowest BCUT2D eigenvalue weighted by Gasteiger charge is -2.39. The Kier molecular flexibility index (Phi) is 6.07. The summed E-state index contributed by atoms with van der Waals surface area (Å²) in [6, 6.07) is 0.510. The van der Waals surface area contributed by atoms with E-state index in [9.17, 15) is 27.6 Å². The topological polar surface area (TPSA) is 108 Å². The Balaban J connectivity index is 1.47. The van der Waals surface area contributed by atoms with Gasteiger partial charge in [-0.05, 0) is 18.6 Å². The fraction of sp³-hybridized carbons (Fsp3) is 0.429. The maximum absolute atomic E-state index is 15.1. The summed E-state index contributed by atoms with van der Waals surface area (Å²) in [5, 5.41) is 2.18. The highest BCUT2D eigenvalue weighted by Crippen LogP contribution is 2.30. The molecule has 0 saturated carbocycles. The van der Waals surface area contributed by atoms with Crippen LogP contribution in [-0.2, 0) is 20.3 Å². The number of hydrogen-bond acceptors (Lipinski definition) is 5. The van der Waals surface area contributed by atoms with Crippen LogP contribution in [0.4, 0.5) is 33.7 Å². The molecule has 2 amide bonds. The second kappa shape index (κ2) is 8.74. The summed E-state index contributed by atoms with van der Waals surface area (Å²) >= 11 is 0. The molecule has 0 spiro atoms. The Labute approximate surface area is 195 Å². The molecule has 4 heterocycles. The number of amides is 2. The maximum Gasteiger partial charge on any atom is 0.417 e. The second-order valence-electron chi connectivity index (χ2n) is 8.47. The smallest absolute Gasteiger partial charge is 0.367 e. The fourth-order valence-corrected chi connectivity index (χ4v) is 4.14. The van der Waals surface area contributed by atoms with Crippen molar-refractivity contribution in [2.75, 3.05) is 30.4 Å².